The number of hydrogen-bond donors (Lipinski definition) is 0. The number of hydrogen-bond acceptors (Lipinski definition) is 3. The van der Waals surface area contributed by atoms with Crippen molar-refractivity contribution in [2.45, 2.75) is 13.1 Å². The summed E-state index contributed by atoms with van der Waals surface area (Å²) in [6, 6.07) is 10.0. The van der Waals surface area contributed by atoms with Crippen molar-refractivity contribution in [1.29, 1.82) is 0 Å². The number of carbonyl (C=O) groups is 1. The van der Waals surface area contributed by atoms with Crippen molar-refractivity contribution in [3.63, 3.8) is 0 Å². The first-order valence-corrected chi connectivity index (χ1v) is 7.01. The fraction of sp³-hybridized carbons (Fsp3) is 0.188. The molecule has 0 saturated heterocycles. The average Bonchev–Trinajstić information content (AvgIpc) is 3.19. The summed E-state index contributed by atoms with van der Waals surface area (Å²) in [5, 5.41) is 4.35. The Kier molecular flexibility index (Phi) is 4.00. The standard InChI is InChI=1S/C16H17N5O/c1-19(16(22)20-8-7-17-13-20)10-15-9-18-21(12-15)11-14-5-3-2-4-6-14/h2-9,12-13H,10-11H2,1H3. The van der Waals surface area contributed by atoms with E-state index >= 15 is 0 Å². The first kappa shape index (κ1) is 14.1. The van der Waals surface area contributed by atoms with Gasteiger partial charge in [0.2, 0.25) is 0 Å². The van der Waals surface area contributed by atoms with Gasteiger partial charge in [-0.3, -0.25) is 9.25 Å². The predicted molar refractivity (Wildman–Crippen MR) is 82.3 cm³/mol. The molecule has 0 atom stereocenters. The molecule has 0 radical (unpaired) electrons. The Balaban J connectivity index is 1.63. The molecule has 0 aliphatic carbocycles. The minimum absolute atomic E-state index is 0.117. The van der Waals surface area contributed by atoms with E-state index in [1.54, 1.807) is 30.5 Å². The van der Waals surface area contributed by atoms with E-state index in [0.29, 0.717) is 6.54 Å². The van der Waals surface area contributed by atoms with Crippen LogP contribution < -0.4 is 0 Å². The number of aromatic nitrogens is 4. The van der Waals surface area contributed by atoms with Crippen molar-refractivity contribution in [2.75, 3.05) is 7.05 Å². The Morgan fingerprint density at radius 1 is 1.23 bits per heavy atom. The highest BCUT2D eigenvalue weighted by Gasteiger charge is 2.11. The van der Waals surface area contributed by atoms with Crippen LogP contribution >= 0.6 is 0 Å². The molecule has 6 nitrogen and oxygen atoms in total. The largest absolute Gasteiger partial charge is 0.329 e. The van der Waals surface area contributed by atoms with Crippen LogP contribution in [0.1, 0.15) is 11.1 Å². The number of nitrogens with zero attached hydrogens (tertiary/aromatic N) is 5. The van der Waals surface area contributed by atoms with Gasteiger partial charge in [-0.1, -0.05) is 30.3 Å². The van der Waals surface area contributed by atoms with Crippen molar-refractivity contribution in [1.82, 2.24) is 24.2 Å². The van der Waals surface area contributed by atoms with Crippen LogP contribution in [0.4, 0.5) is 4.79 Å². The maximum absolute atomic E-state index is 12.1. The smallest absolute Gasteiger partial charge is 0.323 e. The molecular weight excluding hydrogens is 278 g/mol. The van der Waals surface area contributed by atoms with Gasteiger partial charge in [0, 0.05) is 31.2 Å². The lowest BCUT2D eigenvalue weighted by molar-refractivity contribution is 0.208. The molecule has 0 saturated carbocycles. The van der Waals surface area contributed by atoms with E-state index in [1.165, 1.54) is 16.5 Å². The molecule has 2 aromatic heterocycles. The van der Waals surface area contributed by atoms with Gasteiger partial charge in [0.25, 0.3) is 0 Å². The van der Waals surface area contributed by atoms with Crippen LogP contribution in [-0.4, -0.2) is 37.3 Å². The van der Waals surface area contributed by atoms with Crippen LogP contribution in [0.5, 0.6) is 0 Å². The summed E-state index contributed by atoms with van der Waals surface area (Å²) in [5.74, 6) is 0. The molecule has 6 heteroatoms. The van der Waals surface area contributed by atoms with Crippen molar-refractivity contribution in [3.05, 3.63) is 72.6 Å². The van der Waals surface area contributed by atoms with Gasteiger partial charge in [-0.15, -0.1) is 0 Å². The number of carbonyl (C=O) groups excluding carboxylic acids is 1. The molecule has 0 N–H and O–H groups in total. The van der Waals surface area contributed by atoms with Gasteiger partial charge in [-0.2, -0.15) is 5.10 Å². The summed E-state index contributed by atoms with van der Waals surface area (Å²) in [5.41, 5.74) is 2.19. The summed E-state index contributed by atoms with van der Waals surface area (Å²) >= 11 is 0. The first-order valence-electron chi connectivity index (χ1n) is 7.01. The predicted octanol–water partition coefficient (Wildman–Crippen LogP) is 2.23. The SMILES string of the molecule is CN(Cc1cnn(Cc2ccccc2)c1)C(=O)n1ccnc1. The molecule has 2 heterocycles. The van der Waals surface area contributed by atoms with Gasteiger partial charge >= 0.3 is 6.03 Å². The van der Waals surface area contributed by atoms with Gasteiger partial charge < -0.3 is 4.90 Å². The average molecular weight is 295 g/mol. The number of rotatable bonds is 4. The minimum Gasteiger partial charge on any atom is -0.323 e. The lowest BCUT2D eigenvalue weighted by Gasteiger charge is -2.15. The van der Waals surface area contributed by atoms with Gasteiger partial charge in [0.15, 0.2) is 0 Å². The molecule has 22 heavy (non-hydrogen) atoms. The third-order valence-corrected chi connectivity index (χ3v) is 3.35. The van der Waals surface area contributed by atoms with Crippen molar-refractivity contribution < 1.29 is 4.79 Å². The Bertz CT molecular complexity index is 733. The third kappa shape index (κ3) is 3.22. The Morgan fingerprint density at radius 2 is 2.05 bits per heavy atom. The van der Waals surface area contributed by atoms with Crippen LogP contribution in [0.15, 0.2) is 61.4 Å². The van der Waals surface area contributed by atoms with Crippen molar-refractivity contribution in [3.8, 4) is 0 Å². The van der Waals surface area contributed by atoms with E-state index in [9.17, 15) is 4.79 Å². The lowest BCUT2D eigenvalue weighted by atomic mass is 10.2. The van der Waals surface area contributed by atoms with Gasteiger partial charge in [0.1, 0.15) is 6.33 Å². The second-order valence-electron chi connectivity index (χ2n) is 5.14. The monoisotopic (exact) mass is 295 g/mol. The Hall–Kier alpha value is -2.89. The zero-order valence-electron chi connectivity index (χ0n) is 12.3. The molecule has 0 spiro atoms. The summed E-state index contributed by atoms with van der Waals surface area (Å²) in [6.07, 6.45) is 8.48. The molecule has 0 unspecified atom stereocenters. The molecule has 1 aromatic carbocycles. The molecule has 0 aliphatic heterocycles. The lowest BCUT2D eigenvalue weighted by Crippen LogP contribution is -2.29. The van der Waals surface area contributed by atoms with Gasteiger partial charge in [-0.25, -0.2) is 9.78 Å². The second-order valence-corrected chi connectivity index (χ2v) is 5.14. The van der Waals surface area contributed by atoms with Crippen LogP contribution in [-0.2, 0) is 13.1 Å². The summed E-state index contributed by atoms with van der Waals surface area (Å²) in [6.45, 7) is 1.23. The molecule has 3 aromatic rings. The number of benzene rings is 1. The number of amides is 1. The van der Waals surface area contributed by atoms with E-state index < -0.39 is 0 Å². The molecule has 0 bridgehead atoms. The van der Waals surface area contributed by atoms with E-state index in [-0.39, 0.29) is 6.03 Å². The van der Waals surface area contributed by atoms with Crippen LogP contribution in [0.25, 0.3) is 0 Å². The molecular formula is C16H17N5O. The molecule has 0 fully saturated rings. The molecule has 1 amide bonds. The zero-order chi connectivity index (χ0) is 15.4. The van der Waals surface area contributed by atoms with Crippen LogP contribution in [0.3, 0.4) is 0 Å². The normalized spacial score (nSPS) is 10.6. The molecule has 112 valence electrons. The number of imidazole rings is 1. The Labute approximate surface area is 128 Å². The van der Waals surface area contributed by atoms with Crippen molar-refractivity contribution in [2.24, 2.45) is 0 Å². The van der Waals surface area contributed by atoms with E-state index in [1.807, 2.05) is 29.1 Å². The summed E-state index contributed by atoms with van der Waals surface area (Å²) in [7, 11) is 1.76. The molecule has 3 rings (SSSR count). The fourth-order valence-electron chi connectivity index (χ4n) is 2.26. The maximum Gasteiger partial charge on any atom is 0.329 e. The topological polar surface area (TPSA) is 56.0 Å². The van der Waals surface area contributed by atoms with Gasteiger partial charge in [-0.05, 0) is 5.56 Å². The minimum atomic E-state index is -0.117. The van der Waals surface area contributed by atoms with Crippen LogP contribution in [0, 0.1) is 0 Å². The van der Waals surface area contributed by atoms with Gasteiger partial charge in [0.05, 0.1) is 19.3 Å². The second kappa shape index (κ2) is 6.26. The van der Waals surface area contributed by atoms with Crippen LogP contribution in [0.2, 0.25) is 0 Å². The highest BCUT2D eigenvalue weighted by molar-refractivity contribution is 5.76. The highest BCUT2D eigenvalue weighted by atomic mass is 16.2. The zero-order valence-corrected chi connectivity index (χ0v) is 12.3. The van der Waals surface area contributed by atoms with Crippen molar-refractivity contribution >= 4 is 6.03 Å². The van der Waals surface area contributed by atoms with E-state index in [4.69, 9.17) is 0 Å². The third-order valence-electron chi connectivity index (χ3n) is 3.35. The maximum atomic E-state index is 12.1. The fourth-order valence-corrected chi connectivity index (χ4v) is 2.26. The highest BCUT2D eigenvalue weighted by Crippen LogP contribution is 2.07. The summed E-state index contributed by atoms with van der Waals surface area (Å²) < 4.78 is 3.33. The van der Waals surface area contributed by atoms with E-state index in [0.717, 1.165) is 12.1 Å². The first-order chi connectivity index (χ1) is 10.7. The quantitative estimate of drug-likeness (QED) is 0.741. The van der Waals surface area contributed by atoms with E-state index in [2.05, 4.69) is 22.2 Å². The Morgan fingerprint density at radius 3 is 2.77 bits per heavy atom. The summed E-state index contributed by atoms with van der Waals surface area (Å²) in [4.78, 5) is 17.6. The molecule has 0 aliphatic rings.